The van der Waals surface area contributed by atoms with Gasteiger partial charge in [-0.3, -0.25) is 0 Å². The van der Waals surface area contributed by atoms with Gasteiger partial charge in [0.1, 0.15) is 6.61 Å². The molecule has 7 heteroatoms. The monoisotopic (exact) mass is 379 g/mol. The van der Waals surface area contributed by atoms with Crippen molar-refractivity contribution in [3.63, 3.8) is 0 Å². The molecule has 150 valence electrons. The highest BCUT2D eigenvalue weighted by atomic mass is 16.6. The number of carbonyl (C=O) groups is 2. The molecular formula is C20H29NO6. The Morgan fingerprint density at radius 1 is 0.963 bits per heavy atom. The van der Waals surface area contributed by atoms with Crippen LogP contribution in [0, 0.1) is 29.6 Å². The van der Waals surface area contributed by atoms with Gasteiger partial charge in [-0.1, -0.05) is 6.58 Å². The van der Waals surface area contributed by atoms with Crippen molar-refractivity contribution in [3.8, 4) is 11.8 Å². The molecule has 0 aliphatic heterocycles. The Labute approximate surface area is 160 Å². The van der Waals surface area contributed by atoms with Crippen LogP contribution >= 0.6 is 0 Å². The minimum Gasteiger partial charge on any atom is -0.460 e. The third-order valence-electron chi connectivity index (χ3n) is 4.77. The first-order chi connectivity index (χ1) is 13.2. The highest BCUT2D eigenvalue weighted by molar-refractivity contribution is 5.81. The molecule has 7 nitrogen and oxygen atoms in total. The fraction of sp³-hybridized carbons (Fsp3) is 0.700. The summed E-state index contributed by atoms with van der Waals surface area (Å²) in [6, 6.07) is 0. The second kappa shape index (κ2) is 12.4. The van der Waals surface area contributed by atoms with E-state index in [1.165, 1.54) is 0 Å². The number of hydrogen-bond acceptors (Lipinski definition) is 6. The van der Waals surface area contributed by atoms with Crippen molar-refractivity contribution in [3.05, 3.63) is 12.7 Å². The van der Waals surface area contributed by atoms with E-state index in [4.69, 9.17) is 18.9 Å². The summed E-state index contributed by atoms with van der Waals surface area (Å²) in [7, 11) is 0. The first-order valence-corrected chi connectivity index (χ1v) is 9.53. The van der Waals surface area contributed by atoms with Crippen molar-refractivity contribution < 1.29 is 28.5 Å². The van der Waals surface area contributed by atoms with Gasteiger partial charge in [-0.15, -0.1) is 11.8 Å². The van der Waals surface area contributed by atoms with Gasteiger partial charge in [0.25, 0.3) is 0 Å². The average Bonchev–Trinajstić information content (AvgIpc) is 3.30. The molecule has 0 heterocycles. The third-order valence-corrected chi connectivity index (χ3v) is 4.77. The van der Waals surface area contributed by atoms with Crippen LogP contribution in [0.4, 0.5) is 4.79 Å². The fourth-order valence-corrected chi connectivity index (χ4v) is 3.31. The summed E-state index contributed by atoms with van der Waals surface area (Å²) in [5.41, 5.74) is 0. The van der Waals surface area contributed by atoms with E-state index in [1.54, 1.807) is 0 Å². The van der Waals surface area contributed by atoms with Crippen LogP contribution in [0.15, 0.2) is 12.7 Å². The second-order valence-corrected chi connectivity index (χ2v) is 6.54. The number of ether oxygens (including phenoxy) is 4. The maximum Gasteiger partial charge on any atom is 0.407 e. The van der Waals surface area contributed by atoms with E-state index >= 15 is 0 Å². The molecule has 2 aliphatic carbocycles. The van der Waals surface area contributed by atoms with E-state index in [0.717, 1.165) is 31.8 Å². The largest absolute Gasteiger partial charge is 0.460 e. The number of rotatable bonds is 12. The standard InChI is InChI=1S/C20H29NO6/c1-2-19(22)26-14-13-25-12-11-24-10-9-21-20(23)27-15-18-16-7-5-3-4-6-8-17(16)18/h2,16-18H,1,5-15H2,(H,21,23)/t16-,17+,18?. The number of alkyl carbamates (subject to hydrolysis) is 1. The van der Waals surface area contributed by atoms with Gasteiger partial charge in [0.15, 0.2) is 0 Å². The lowest BCUT2D eigenvalue weighted by Gasteiger charge is -2.08. The van der Waals surface area contributed by atoms with Crippen molar-refractivity contribution in [1.82, 2.24) is 5.32 Å². The summed E-state index contributed by atoms with van der Waals surface area (Å²) in [5.74, 6) is 7.74. The topological polar surface area (TPSA) is 83.1 Å². The summed E-state index contributed by atoms with van der Waals surface area (Å²) < 4.78 is 20.7. The molecule has 1 N–H and O–H groups in total. The molecule has 0 aromatic rings. The summed E-state index contributed by atoms with van der Waals surface area (Å²) in [5, 5.41) is 2.68. The van der Waals surface area contributed by atoms with Gasteiger partial charge < -0.3 is 24.3 Å². The van der Waals surface area contributed by atoms with Gasteiger partial charge in [-0.25, -0.2) is 9.59 Å². The Kier molecular flexibility index (Phi) is 9.74. The van der Waals surface area contributed by atoms with E-state index in [2.05, 4.69) is 23.7 Å². The Bertz CT molecular complexity index is 534. The molecule has 0 bridgehead atoms. The van der Waals surface area contributed by atoms with Gasteiger partial charge in [0, 0.05) is 25.5 Å². The number of fused-ring (bicyclic) bond motifs is 1. The van der Waals surface area contributed by atoms with Crippen molar-refractivity contribution in [2.45, 2.75) is 25.7 Å². The van der Waals surface area contributed by atoms with Crippen LogP contribution < -0.4 is 5.32 Å². The fourth-order valence-electron chi connectivity index (χ4n) is 3.31. The number of amides is 1. The summed E-state index contributed by atoms with van der Waals surface area (Å²) in [6.45, 7) is 5.86. The smallest absolute Gasteiger partial charge is 0.407 e. The van der Waals surface area contributed by atoms with Gasteiger partial charge in [0.2, 0.25) is 0 Å². The first kappa shape index (κ1) is 21.3. The van der Waals surface area contributed by atoms with Crippen molar-refractivity contribution in [2.24, 2.45) is 17.8 Å². The Balaban J connectivity index is 1.37. The molecular weight excluding hydrogens is 350 g/mol. The molecule has 0 aromatic heterocycles. The van der Waals surface area contributed by atoms with Gasteiger partial charge in [-0.05, 0) is 30.6 Å². The van der Waals surface area contributed by atoms with Crippen LogP contribution in [0.25, 0.3) is 0 Å². The maximum absolute atomic E-state index is 11.7. The zero-order chi connectivity index (χ0) is 19.3. The Morgan fingerprint density at radius 3 is 2.26 bits per heavy atom. The van der Waals surface area contributed by atoms with Gasteiger partial charge in [0.05, 0.1) is 33.0 Å². The highest BCUT2D eigenvalue weighted by Crippen LogP contribution is 2.52. The minimum atomic E-state index is -0.465. The molecule has 2 aliphatic rings. The Hall–Kier alpha value is -2.04. The molecule has 27 heavy (non-hydrogen) atoms. The lowest BCUT2D eigenvalue weighted by atomic mass is 10.1. The van der Waals surface area contributed by atoms with Crippen molar-refractivity contribution >= 4 is 12.1 Å². The number of hydrogen-bond donors (Lipinski definition) is 1. The van der Waals surface area contributed by atoms with E-state index in [1.807, 2.05) is 0 Å². The normalized spacial score (nSPS) is 22.9. The van der Waals surface area contributed by atoms with Crippen LogP contribution in [-0.4, -0.2) is 58.2 Å². The molecule has 1 amide bonds. The van der Waals surface area contributed by atoms with E-state index < -0.39 is 12.1 Å². The molecule has 0 aromatic carbocycles. The molecule has 0 spiro atoms. The quantitative estimate of drug-likeness (QED) is 0.241. The number of esters is 1. The third kappa shape index (κ3) is 8.46. The highest BCUT2D eigenvalue weighted by Gasteiger charge is 2.49. The molecule has 0 radical (unpaired) electrons. The zero-order valence-corrected chi connectivity index (χ0v) is 15.7. The minimum absolute atomic E-state index is 0.188. The average molecular weight is 379 g/mol. The maximum atomic E-state index is 11.7. The first-order valence-electron chi connectivity index (χ1n) is 9.53. The van der Waals surface area contributed by atoms with Crippen LogP contribution in [0.1, 0.15) is 25.7 Å². The van der Waals surface area contributed by atoms with E-state index in [-0.39, 0.29) is 6.61 Å². The molecule has 1 fully saturated rings. The van der Waals surface area contributed by atoms with E-state index in [9.17, 15) is 9.59 Å². The SMILES string of the molecule is C=CC(=O)OCCOCCOCCNC(=O)OCC1[C@H]2CCC#CCC[C@@H]12. The van der Waals surface area contributed by atoms with Crippen LogP contribution in [0.5, 0.6) is 0 Å². The molecule has 2 rings (SSSR count). The molecule has 0 saturated heterocycles. The number of carbonyl (C=O) groups excluding carboxylic acids is 2. The molecule has 1 unspecified atom stereocenters. The van der Waals surface area contributed by atoms with Crippen molar-refractivity contribution in [1.29, 1.82) is 0 Å². The van der Waals surface area contributed by atoms with Crippen LogP contribution in [-0.2, 0) is 23.7 Å². The predicted molar refractivity (Wildman–Crippen MR) is 98.9 cm³/mol. The van der Waals surface area contributed by atoms with E-state index in [0.29, 0.717) is 57.3 Å². The second-order valence-electron chi connectivity index (χ2n) is 6.54. The van der Waals surface area contributed by atoms with Crippen molar-refractivity contribution in [2.75, 3.05) is 46.2 Å². The van der Waals surface area contributed by atoms with Gasteiger partial charge >= 0.3 is 12.1 Å². The lowest BCUT2D eigenvalue weighted by molar-refractivity contribution is -0.139. The predicted octanol–water partition coefficient (Wildman–Crippen LogP) is 1.91. The summed E-state index contributed by atoms with van der Waals surface area (Å²) >= 11 is 0. The Morgan fingerprint density at radius 2 is 1.59 bits per heavy atom. The number of nitrogens with one attached hydrogen (secondary N) is 1. The summed E-state index contributed by atoms with van der Waals surface area (Å²) in [4.78, 5) is 22.5. The zero-order valence-electron chi connectivity index (χ0n) is 15.7. The van der Waals surface area contributed by atoms with Crippen LogP contribution in [0.2, 0.25) is 0 Å². The van der Waals surface area contributed by atoms with Crippen LogP contribution in [0.3, 0.4) is 0 Å². The molecule has 3 atom stereocenters. The lowest BCUT2D eigenvalue weighted by Crippen LogP contribution is -2.29. The summed E-state index contributed by atoms with van der Waals surface area (Å²) in [6.07, 6.45) is 4.89. The van der Waals surface area contributed by atoms with Gasteiger partial charge in [-0.2, -0.15) is 0 Å². The molecule has 1 saturated carbocycles.